The van der Waals surface area contributed by atoms with Gasteiger partial charge in [-0.15, -0.1) is 0 Å². The van der Waals surface area contributed by atoms with Crippen molar-refractivity contribution in [2.45, 2.75) is 27.2 Å². The van der Waals surface area contributed by atoms with Gasteiger partial charge in [0.25, 0.3) is 0 Å². The van der Waals surface area contributed by atoms with Crippen molar-refractivity contribution < 1.29 is 14.3 Å². The summed E-state index contributed by atoms with van der Waals surface area (Å²) >= 11 is 0. The molecule has 106 valence electrons. The molecule has 0 saturated carbocycles. The van der Waals surface area contributed by atoms with E-state index in [4.69, 9.17) is 0 Å². The van der Waals surface area contributed by atoms with Crippen LogP contribution in [0.2, 0.25) is 0 Å². The first-order valence-electron chi connectivity index (χ1n) is 6.33. The van der Waals surface area contributed by atoms with Crippen LogP contribution in [0, 0.1) is 12.8 Å². The van der Waals surface area contributed by atoms with E-state index < -0.39 is 6.09 Å². The Bertz CT molecular complexity index is 374. The molecule has 0 aliphatic carbocycles. The van der Waals surface area contributed by atoms with E-state index in [-0.39, 0.29) is 11.7 Å². The predicted octanol–water partition coefficient (Wildman–Crippen LogP) is 2.95. The molecule has 0 heterocycles. The van der Waals surface area contributed by atoms with Gasteiger partial charge in [0, 0.05) is 18.9 Å². The van der Waals surface area contributed by atoms with Gasteiger partial charge in [-0.3, -0.25) is 4.79 Å². The molecule has 1 aromatic carbocycles. The van der Waals surface area contributed by atoms with Gasteiger partial charge in [0.2, 0.25) is 0 Å². The first-order chi connectivity index (χ1) is 8.97. The average molecular weight is 265 g/mol. The Morgan fingerprint density at radius 3 is 2.16 bits per heavy atom. The number of ketones is 1. The number of ether oxygens (including phenoxy) is 1. The highest BCUT2D eigenvalue weighted by Gasteiger charge is 2.07. The molecule has 0 atom stereocenters. The highest BCUT2D eigenvalue weighted by Crippen LogP contribution is 1.96. The van der Waals surface area contributed by atoms with Crippen LogP contribution in [0.1, 0.15) is 25.8 Å². The Kier molecular flexibility index (Phi) is 9.14. The maximum atomic E-state index is 11.0. The Balaban J connectivity index is 0.000000388. The van der Waals surface area contributed by atoms with E-state index in [1.54, 1.807) is 0 Å². The van der Waals surface area contributed by atoms with Crippen molar-refractivity contribution in [2.75, 3.05) is 13.7 Å². The van der Waals surface area contributed by atoms with E-state index >= 15 is 0 Å². The molecule has 0 saturated heterocycles. The van der Waals surface area contributed by atoms with Gasteiger partial charge in [0.15, 0.2) is 0 Å². The van der Waals surface area contributed by atoms with E-state index in [9.17, 15) is 9.59 Å². The second-order valence-electron chi connectivity index (χ2n) is 4.44. The summed E-state index contributed by atoms with van der Waals surface area (Å²) in [5.74, 6) is 0.177. The normalized spacial score (nSPS) is 9.32. The maximum Gasteiger partial charge on any atom is 0.406 e. The second-order valence-corrected chi connectivity index (χ2v) is 4.44. The standard InChI is InChI=1S/C8H15NO3.C7H8/c1-6(2)7(10)4-5-9-8(11)12-3;1-7-5-3-2-4-6-7/h6H,4-5H2,1-3H3,(H,9,11);2-6H,1H3. The van der Waals surface area contributed by atoms with Gasteiger partial charge in [-0.05, 0) is 6.92 Å². The number of carbonyl (C=O) groups excluding carboxylic acids is 2. The quantitative estimate of drug-likeness (QED) is 0.910. The SMILES string of the molecule is COC(=O)NCCC(=O)C(C)C.Cc1ccccc1. The fraction of sp³-hybridized carbons (Fsp3) is 0.467. The summed E-state index contributed by atoms with van der Waals surface area (Å²) < 4.78 is 4.33. The average Bonchev–Trinajstić information content (AvgIpc) is 2.39. The molecule has 4 nitrogen and oxygen atoms in total. The summed E-state index contributed by atoms with van der Waals surface area (Å²) in [5, 5.41) is 2.44. The van der Waals surface area contributed by atoms with Gasteiger partial charge in [-0.2, -0.15) is 0 Å². The van der Waals surface area contributed by atoms with Crippen molar-refractivity contribution in [2.24, 2.45) is 5.92 Å². The molecule has 0 radical (unpaired) electrons. The smallest absolute Gasteiger partial charge is 0.406 e. The highest BCUT2D eigenvalue weighted by molar-refractivity contribution is 5.80. The lowest BCUT2D eigenvalue weighted by molar-refractivity contribution is -0.121. The topological polar surface area (TPSA) is 55.4 Å². The number of Topliss-reactive ketones (excluding diaryl/α,β-unsaturated/α-hetero) is 1. The Morgan fingerprint density at radius 2 is 1.79 bits per heavy atom. The zero-order valence-corrected chi connectivity index (χ0v) is 12.1. The third-order valence-corrected chi connectivity index (χ3v) is 2.41. The lowest BCUT2D eigenvalue weighted by Gasteiger charge is -2.04. The summed E-state index contributed by atoms with van der Waals surface area (Å²) in [5.41, 5.74) is 1.32. The van der Waals surface area contributed by atoms with Crippen molar-refractivity contribution >= 4 is 11.9 Å². The number of benzene rings is 1. The largest absolute Gasteiger partial charge is 0.453 e. The minimum absolute atomic E-state index is 0.0319. The van der Waals surface area contributed by atoms with Crippen molar-refractivity contribution in [3.63, 3.8) is 0 Å². The first kappa shape index (κ1) is 17.2. The van der Waals surface area contributed by atoms with Gasteiger partial charge < -0.3 is 10.1 Å². The summed E-state index contributed by atoms with van der Waals surface area (Å²) in [6.07, 6.45) is -0.126. The van der Waals surface area contributed by atoms with Crippen LogP contribution in [0.3, 0.4) is 0 Å². The van der Waals surface area contributed by atoms with Crippen LogP contribution in [0.25, 0.3) is 0 Å². The number of nitrogens with one attached hydrogen (secondary N) is 1. The van der Waals surface area contributed by atoms with Crippen molar-refractivity contribution in [3.05, 3.63) is 35.9 Å². The molecule has 0 unspecified atom stereocenters. The van der Waals surface area contributed by atoms with Gasteiger partial charge in [0.05, 0.1) is 7.11 Å². The van der Waals surface area contributed by atoms with E-state index in [1.165, 1.54) is 12.7 Å². The van der Waals surface area contributed by atoms with Crippen molar-refractivity contribution in [1.82, 2.24) is 5.32 Å². The van der Waals surface area contributed by atoms with Crippen LogP contribution in [-0.4, -0.2) is 25.5 Å². The van der Waals surface area contributed by atoms with Crippen LogP contribution < -0.4 is 5.32 Å². The number of alkyl carbamates (subject to hydrolysis) is 1. The molecule has 1 N–H and O–H groups in total. The zero-order chi connectivity index (χ0) is 14.7. The number of methoxy groups -OCH3 is 1. The zero-order valence-electron chi connectivity index (χ0n) is 12.1. The molecular formula is C15H23NO3. The van der Waals surface area contributed by atoms with Crippen molar-refractivity contribution in [1.29, 1.82) is 0 Å². The lowest BCUT2D eigenvalue weighted by Crippen LogP contribution is -2.26. The Morgan fingerprint density at radius 1 is 1.21 bits per heavy atom. The number of aryl methyl sites for hydroxylation is 1. The molecule has 1 aromatic rings. The van der Waals surface area contributed by atoms with Crippen LogP contribution in [0.15, 0.2) is 30.3 Å². The molecule has 0 fully saturated rings. The molecule has 0 aliphatic heterocycles. The first-order valence-corrected chi connectivity index (χ1v) is 6.33. The molecule has 0 spiro atoms. The van der Waals surface area contributed by atoms with Crippen LogP contribution in [0.5, 0.6) is 0 Å². The molecule has 1 amide bonds. The monoisotopic (exact) mass is 265 g/mol. The third kappa shape index (κ3) is 9.83. The molecule has 0 bridgehead atoms. The highest BCUT2D eigenvalue weighted by atomic mass is 16.5. The van der Waals surface area contributed by atoms with Gasteiger partial charge >= 0.3 is 6.09 Å². The third-order valence-electron chi connectivity index (χ3n) is 2.41. The number of hydrogen-bond donors (Lipinski definition) is 1. The fourth-order valence-electron chi connectivity index (χ4n) is 1.18. The van der Waals surface area contributed by atoms with Crippen LogP contribution >= 0.6 is 0 Å². The van der Waals surface area contributed by atoms with E-state index in [1.807, 2.05) is 32.0 Å². The van der Waals surface area contributed by atoms with Gasteiger partial charge in [-0.1, -0.05) is 49.7 Å². The van der Waals surface area contributed by atoms with Crippen LogP contribution in [0.4, 0.5) is 4.79 Å². The molecule has 0 aromatic heterocycles. The summed E-state index contributed by atoms with van der Waals surface area (Å²) in [6, 6.07) is 10.3. The summed E-state index contributed by atoms with van der Waals surface area (Å²) in [6.45, 7) is 6.10. The summed E-state index contributed by atoms with van der Waals surface area (Å²) in [7, 11) is 1.29. The van der Waals surface area contributed by atoms with Gasteiger partial charge in [0.1, 0.15) is 5.78 Å². The number of amides is 1. The van der Waals surface area contributed by atoms with Gasteiger partial charge in [-0.25, -0.2) is 4.79 Å². The van der Waals surface area contributed by atoms with E-state index in [0.29, 0.717) is 13.0 Å². The number of carbonyl (C=O) groups is 2. The molecular weight excluding hydrogens is 242 g/mol. The minimum Gasteiger partial charge on any atom is -0.453 e. The predicted molar refractivity (Wildman–Crippen MR) is 76.0 cm³/mol. The van der Waals surface area contributed by atoms with E-state index in [0.717, 1.165) is 0 Å². The Labute approximate surface area is 115 Å². The number of hydrogen-bond acceptors (Lipinski definition) is 3. The molecule has 19 heavy (non-hydrogen) atoms. The minimum atomic E-state index is -0.494. The lowest BCUT2D eigenvalue weighted by atomic mass is 10.1. The van der Waals surface area contributed by atoms with Crippen molar-refractivity contribution in [3.8, 4) is 0 Å². The summed E-state index contributed by atoms with van der Waals surface area (Å²) in [4.78, 5) is 21.5. The molecule has 1 rings (SSSR count). The van der Waals surface area contributed by atoms with E-state index in [2.05, 4.69) is 29.1 Å². The van der Waals surface area contributed by atoms with Crippen LogP contribution in [-0.2, 0) is 9.53 Å². The Hall–Kier alpha value is -1.84. The fourth-order valence-corrected chi connectivity index (χ4v) is 1.18. The molecule has 4 heteroatoms. The second kappa shape index (κ2) is 10.1. The maximum absolute atomic E-state index is 11.0. The number of rotatable bonds is 4. The molecule has 0 aliphatic rings.